The summed E-state index contributed by atoms with van der Waals surface area (Å²) < 4.78 is 9.92. The van der Waals surface area contributed by atoms with Crippen LogP contribution in [0.4, 0.5) is 0 Å². The maximum atomic E-state index is 11.0. The van der Waals surface area contributed by atoms with Gasteiger partial charge in [0.15, 0.2) is 0 Å². The number of carbonyl (C=O) groups is 1. The van der Waals surface area contributed by atoms with E-state index in [0.29, 0.717) is 32.2 Å². The fourth-order valence-electron chi connectivity index (χ4n) is 2.62. The molecular formula is C14H27NO4. The Balaban J connectivity index is 2.02. The number of aliphatic hydroxyl groups is 1. The molecule has 0 aromatic carbocycles. The van der Waals surface area contributed by atoms with Crippen molar-refractivity contribution in [2.75, 3.05) is 32.9 Å². The number of rotatable bonds is 8. The van der Waals surface area contributed by atoms with E-state index in [4.69, 9.17) is 9.47 Å². The molecule has 0 heterocycles. The van der Waals surface area contributed by atoms with Crippen LogP contribution in [0, 0.1) is 5.92 Å². The Morgan fingerprint density at radius 2 is 2.32 bits per heavy atom. The van der Waals surface area contributed by atoms with Crippen molar-refractivity contribution in [3.05, 3.63) is 0 Å². The van der Waals surface area contributed by atoms with Crippen LogP contribution < -0.4 is 5.32 Å². The molecule has 0 aromatic heterocycles. The smallest absolute Gasteiger partial charge is 0.332 e. The largest absolute Gasteiger partial charge is 0.464 e. The lowest BCUT2D eigenvalue weighted by Crippen LogP contribution is -2.44. The van der Waals surface area contributed by atoms with Gasteiger partial charge in [0, 0.05) is 13.1 Å². The van der Waals surface area contributed by atoms with E-state index in [-0.39, 0.29) is 12.6 Å². The lowest BCUT2D eigenvalue weighted by Gasteiger charge is -2.35. The van der Waals surface area contributed by atoms with Gasteiger partial charge in [-0.15, -0.1) is 0 Å². The molecule has 0 radical (unpaired) electrons. The van der Waals surface area contributed by atoms with Gasteiger partial charge in [0.05, 0.1) is 18.8 Å². The second kappa shape index (κ2) is 8.51. The van der Waals surface area contributed by atoms with E-state index in [1.54, 1.807) is 6.92 Å². The van der Waals surface area contributed by atoms with Crippen LogP contribution in [0.1, 0.15) is 39.5 Å². The molecule has 2 atom stereocenters. The highest BCUT2D eigenvalue weighted by Crippen LogP contribution is 2.31. The quantitative estimate of drug-likeness (QED) is 0.512. The van der Waals surface area contributed by atoms with Gasteiger partial charge in [0.1, 0.15) is 6.61 Å². The third-order valence-electron chi connectivity index (χ3n) is 3.47. The summed E-state index contributed by atoms with van der Waals surface area (Å²) in [5.41, 5.74) is -0.571. The van der Waals surface area contributed by atoms with Gasteiger partial charge in [-0.2, -0.15) is 0 Å². The first-order valence-electron chi connectivity index (χ1n) is 7.22. The summed E-state index contributed by atoms with van der Waals surface area (Å²) in [5, 5.41) is 13.6. The van der Waals surface area contributed by atoms with E-state index in [1.165, 1.54) is 6.42 Å². The van der Waals surface area contributed by atoms with Gasteiger partial charge in [-0.25, -0.2) is 4.79 Å². The molecule has 19 heavy (non-hydrogen) atoms. The molecule has 0 spiro atoms. The Morgan fingerprint density at radius 3 is 3.00 bits per heavy atom. The van der Waals surface area contributed by atoms with Crippen LogP contribution in [0.3, 0.4) is 0 Å². The highest BCUT2D eigenvalue weighted by atomic mass is 16.6. The summed E-state index contributed by atoms with van der Waals surface area (Å²) in [6.07, 6.45) is 4.04. The molecule has 112 valence electrons. The summed E-state index contributed by atoms with van der Waals surface area (Å²) in [6, 6.07) is 0. The van der Waals surface area contributed by atoms with Gasteiger partial charge in [-0.3, -0.25) is 0 Å². The minimum Gasteiger partial charge on any atom is -0.464 e. The summed E-state index contributed by atoms with van der Waals surface area (Å²) in [6.45, 7) is 6.01. The van der Waals surface area contributed by atoms with Crippen molar-refractivity contribution in [1.82, 2.24) is 5.32 Å². The van der Waals surface area contributed by atoms with Crippen molar-refractivity contribution in [2.24, 2.45) is 5.92 Å². The zero-order valence-electron chi connectivity index (χ0n) is 12.1. The summed E-state index contributed by atoms with van der Waals surface area (Å²) in [7, 11) is 0. The van der Waals surface area contributed by atoms with Crippen molar-refractivity contribution in [3.8, 4) is 0 Å². The van der Waals surface area contributed by atoms with E-state index in [2.05, 4.69) is 12.2 Å². The summed E-state index contributed by atoms with van der Waals surface area (Å²) in [4.78, 5) is 11.0. The van der Waals surface area contributed by atoms with Crippen LogP contribution in [-0.4, -0.2) is 49.6 Å². The van der Waals surface area contributed by atoms with Crippen LogP contribution in [0.25, 0.3) is 0 Å². The fourth-order valence-corrected chi connectivity index (χ4v) is 2.62. The van der Waals surface area contributed by atoms with E-state index < -0.39 is 5.60 Å². The Labute approximate surface area is 115 Å². The average Bonchev–Trinajstić information content (AvgIpc) is 2.33. The molecule has 1 aliphatic carbocycles. The number of esters is 1. The molecule has 0 saturated heterocycles. The topological polar surface area (TPSA) is 67.8 Å². The Morgan fingerprint density at radius 1 is 1.53 bits per heavy atom. The van der Waals surface area contributed by atoms with Gasteiger partial charge in [0.2, 0.25) is 0 Å². The molecule has 2 unspecified atom stereocenters. The normalized spacial score (nSPS) is 27.2. The first-order chi connectivity index (χ1) is 9.06. The lowest BCUT2D eigenvalue weighted by molar-refractivity contribution is -0.148. The van der Waals surface area contributed by atoms with Crippen LogP contribution >= 0.6 is 0 Å². The molecular weight excluding hydrogens is 246 g/mol. The van der Waals surface area contributed by atoms with Crippen molar-refractivity contribution in [3.63, 3.8) is 0 Å². The minimum absolute atomic E-state index is 0.00315. The second-order valence-electron chi connectivity index (χ2n) is 5.46. The summed E-state index contributed by atoms with van der Waals surface area (Å²) in [5.74, 6) is 0.267. The monoisotopic (exact) mass is 273 g/mol. The number of hydrogen-bond donors (Lipinski definition) is 2. The standard InChI is InChI=1S/C14H27NO4/c1-3-19-13(16)10-18-8-7-15-11-14(17)6-4-5-12(2)9-14/h12,15,17H,3-11H2,1-2H3. The molecule has 0 bridgehead atoms. The predicted molar refractivity (Wildman–Crippen MR) is 72.9 cm³/mol. The predicted octanol–water partition coefficient (Wildman–Crippen LogP) is 1.10. The van der Waals surface area contributed by atoms with Crippen LogP contribution in [0.15, 0.2) is 0 Å². The average molecular weight is 273 g/mol. The van der Waals surface area contributed by atoms with Crippen molar-refractivity contribution in [1.29, 1.82) is 0 Å². The van der Waals surface area contributed by atoms with Crippen LogP contribution in [0.2, 0.25) is 0 Å². The number of carbonyl (C=O) groups excluding carboxylic acids is 1. The molecule has 1 fully saturated rings. The zero-order chi connectivity index (χ0) is 14.1. The molecule has 0 amide bonds. The van der Waals surface area contributed by atoms with E-state index >= 15 is 0 Å². The van der Waals surface area contributed by atoms with Crippen molar-refractivity contribution < 1.29 is 19.4 Å². The molecule has 2 N–H and O–H groups in total. The SMILES string of the molecule is CCOC(=O)COCCNCC1(O)CCCC(C)C1. The van der Waals surface area contributed by atoms with Gasteiger partial charge >= 0.3 is 5.97 Å². The number of ether oxygens (including phenoxy) is 2. The molecule has 5 heteroatoms. The third kappa shape index (κ3) is 6.89. The molecule has 0 aromatic rings. The van der Waals surface area contributed by atoms with Gasteiger partial charge in [-0.1, -0.05) is 19.8 Å². The van der Waals surface area contributed by atoms with Gasteiger partial charge in [0.25, 0.3) is 0 Å². The summed E-state index contributed by atoms with van der Waals surface area (Å²) >= 11 is 0. The molecule has 5 nitrogen and oxygen atoms in total. The van der Waals surface area contributed by atoms with Crippen LogP contribution in [-0.2, 0) is 14.3 Å². The maximum Gasteiger partial charge on any atom is 0.332 e. The lowest BCUT2D eigenvalue weighted by atomic mass is 9.79. The second-order valence-corrected chi connectivity index (χ2v) is 5.46. The molecule has 1 rings (SSSR count). The Bertz CT molecular complexity index is 272. The van der Waals surface area contributed by atoms with E-state index in [9.17, 15) is 9.90 Å². The number of hydrogen-bond acceptors (Lipinski definition) is 5. The molecule has 0 aliphatic heterocycles. The van der Waals surface area contributed by atoms with Crippen molar-refractivity contribution in [2.45, 2.75) is 45.1 Å². The van der Waals surface area contributed by atoms with E-state index in [1.807, 2.05) is 0 Å². The minimum atomic E-state index is -0.571. The Hall–Kier alpha value is -0.650. The first kappa shape index (κ1) is 16.4. The first-order valence-corrected chi connectivity index (χ1v) is 7.22. The van der Waals surface area contributed by atoms with E-state index in [0.717, 1.165) is 19.3 Å². The highest BCUT2D eigenvalue weighted by molar-refractivity contribution is 5.70. The zero-order valence-corrected chi connectivity index (χ0v) is 12.1. The fraction of sp³-hybridized carbons (Fsp3) is 0.929. The number of nitrogens with one attached hydrogen (secondary N) is 1. The molecule has 1 saturated carbocycles. The maximum absolute atomic E-state index is 11.0. The van der Waals surface area contributed by atoms with Crippen molar-refractivity contribution >= 4 is 5.97 Å². The van der Waals surface area contributed by atoms with Gasteiger partial charge in [-0.05, 0) is 25.7 Å². The van der Waals surface area contributed by atoms with Crippen LogP contribution in [0.5, 0.6) is 0 Å². The highest BCUT2D eigenvalue weighted by Gasteiger charge is 2.31. The Kier molecular flexibility index (Phi) is 7.34. The third-order valence-corrected chi connectivity index (χ3v) is 3.47. The molecule has 1 aliphatic rings. The van der Waals surface area contributed by atoms with Gasteiger partial charge < -0.3 is 19.9 Å².